The number of fused-ring (bicyclic) bond motifs is 1. The maximum atomic E-state index is 13.0. The van der Waals surface area contributed by atoms with Gasteiger partial charge in [0.2, 0.25) is 6.41 Å². The molecule has 0 saturated carbocycles. The first-order valence-corrected chi connectivity index (χ1v) is 9.96. The molecule has 1 N–H and O–H groups in total. The number of piperidine rings is 1. The quantitative estimate of drug-likeness (QED) is 0.632. The highest BCUT2D eigenvalue weighted by Crippen LogP contribution is 2.28. The third kappa shape index (κ3) is 4.25. The molecule has 146 valence electrons. The van der Waals surface area contributed by atoms with E-state index in [-0.39, 0.29) is 5.82 Å². The summed E-state index contributed by atoms with van der Waals surface area (Å²) in [5, 5.41) is 3.98. The van der Waals surface area contributed by atoms with E-state index in [1.807, 2.05) is 12.1 Å². The summed E-state index contributed by atoms with van der Waals surface area (Å²) < 4.78 is 15.4. The van der Waals surface area contributed by atoms with Crippen molar-refractivity contribution in [2.24, 2.45) is 0 Å². The van der Waals surface area contributed by atoms with Gasteiger partial charge in [0.15, 0.2) is 0 Å². The highest BCUT2D eigenvalue weighted by atomic mass is 19.1. The molecular formula is C23H26FN3O. The van der Waals surface area contributed by atoms with E-state index in [1.165, 1.54) is 28.6 Å². The van der Waals surface area contributed by atoms with Gasteiger partial charge in [-0.05, 0) is 60.0 Å². The van der Waals surface area contributed by atoms with Gasteiger partial charge in [0, 0.05) is 43.9 Å². The molecule has 1 aliphatic rings. The summed E-state index contributed by atoms with van der Waals surface area (Å²) in [6, 6.07) is 15.9. The summed E-state index contributed by atoms with van der Waals surface area (Å²) in [6.07, 6.45) is 6.16. The Morgan fingerprint density at radius 2 is 1.79 bits per heavy atom. The van der Waals surface area contributed by atoms with Crippen LogP contribution in [0.25, 0.3) is 10.9 Å². The Labute approximate surface area is 165 Å². The van der Waals surface area contributed by atoms with Crippen LogP contribution in [0.15, 0.2) is 54.7 Å². The number of nitrogens with zero attached hydrogens (tertiary/aromatic N) is 2. The molecule has 0 atom stereocenters. The molecule has 1 aliphatic heterocycles. The standard InChI is InChI=1S/C23H26FN3O/c24-21-5-2-18(3-6-21)7-11-26-12-9-22(10-13-26)27-14-8-20-4-1-19(15-23(20)27)16-25-17-28/h1-6,8,14-15,17,22H,7,9-13,16H2,(H,25,28). The second-order valence-electron chi connectivity index (χ2n) is 7.56. The largest absolute Gasteiger partial charge is 0.355 e. The molecule has 5 heteroatoms. The van der Waals surface area contributed by atoms with E-state index < -0.39 is 0 Å². The summed E-state index contributed by atoms with van der Waals surface area (Å²) in [5.41, 5.74) is 3.56. The maximum Gasteiger partial charge on any atom is 0.207 e. The zero-order valence-electron chi connectivity index (χ0n) is 16.0. The van der Waals surface area contributed by atoms with Crippen LogP contribution >= 0.6 is 0 Å². The molecular weight excluding hydrogens is 353 g/mol. The maximum absolute atomic E-state index is 13.0. The smallest absolute Gasteiger partial charge is 0.207 e. The first kappa shape index (κ1) is 18.7. The first-order chi connectivity index (χ1) is 13.7. The van der Waals surface area contributed by atoms with E-state index in [9.17, 15) is 9.18 Å². The Morgan fingerprint density at radius 3 is 2.54 bits per heavy atom. The predicted molar refractivity (Wildman–Crippen MR) is 110 cm³/mol. The van der Waals surface area contributed by atoms with Crippen LogP contribution in [0.1, 0.15) is 30.0 Å². The van der Waals surface area contributed by atoms with Gasteiger partial charge in [-0.1, -0.05) is 24.3 Å². The first-order valence-electron chi connectivity index (χ1n) is 9.96. The van der Waals surface area contributed by atoms with E-state index in [2.05, 4.69) is 45.2 Å². The summed E-state index contributed by atoms with van der Waals surface area (Å²) in [5.74, 6) is -0.173. The van der Waals surface area contributed by atoms with E-state index in [4.69, 9.17) is 0 Å². The van der Waals surface area contributed by atoms with E-state index in [0.717, 1.165) is 50.9 Å². The van der Waals surface area contributed by atoms with E-state index >= 15 is 0 Å². The van der Waals surface area contributed by atoms with Crippen molar-refractivity contribution in [3.8, 4) is 0 Å². The zero-order chi connectivity index (χ0) is 19.3. The second-order valence-corrected chi connectivity index (χ2v) is 7.56. The van der Waals surface area contributed by atoms with Crippen LogP contribution in [0.4, 0.5) is 4.39 Å². The number of nitrogens with one attached hydrogen (secondary N) is 1. The van der Waals surface area contributed by atoms with Crippen LogP contribution in [-0.4, -0.2) is 35.5 Å². The molecule has 0 aliphatic carbocycles. The summed E-state index contributed by atoms with van der Waals surface area (Å²) in [4.78, 5) is 13.1. The van der Waals surface area contributed by atoms with Crippen molar-refractivity contribution in [2.45, 2.75) is 31.8 Å². The molecule has 0 radical (unpaired) electrons. The Bertz CT molecular complexity index is 927. The van der Waals surface area contributed by atoms with Gasteiger partial charge < -0.3 is 14.8 Å². The van der Waals surface area contributed by atoms with Gasteiger partial charge in [-0.15, -0.1) is 0 Å². The van der Waals surface area contributed by atoms with Crippen LogP contribution in [-0.2, 0) is 17.8 Å². The van der Waals surface area contributed by atoms with Crippen LogP contribution in [0, 0.1) is 5.82 Å². The molecule has 28 heavy (non-hydrogen) atoms. The number of likely N-dealkylation sites (tertiary alicyclic amines) is 1. The highest BCUT2D eigenvalue weighted by molar-refractivity contribution is 5.81. The molecule has 1 fully saturated rings. The number of benzene rings is 2. The fourth-order valence-electron chi connectivity index (χ4n) is 4.14. The van der Waals surface area contributed by atoms with E-state index in [1.54, 1.807) is 0 Å². The van der Waals surface area contributed by atoms with Crippen molar-refractivity contribution < 1.29 is 9.18 Å². The van der Waals surface area contributed by atoms with Crippen molar-refractivity contribution in [2.75, 3.05) is 19.6 Å². The van der Waals surface area contributed by atoms with Crippen LogP contribution in [0.2, 0.25) is 0 Å². The van der Waals surface area contributed by atoms with Crippen molar-refractivity contribution >= 4 is 17.3 Å². The van der Waals surface area contributed by atoms with Gasteiger partial charge in [0.05, 0.1) is 0 Å². The van der Waals surface area contributed by atoms with E-state index in [0.29, 0.717) is 12.6 Å². The van der Waals surface area contributed by atoms with Gasteiger partial charge in [-0.25, -0.2) is 4.39 Å². The fourth-order valence-corrected chi connectivity index (χ4v) is 4.14. The Hall–Kier alpha value is -2.66. The molecule has 0 unspecified atom stereocenters. The molecule has 1 amide bonds. The molecule has 0 spiro atoms. The highest BCUT2D eigenvalue weighted by Gasteiger charge is 2.21. The lowest BCUT2D eigenvalue weighted by molar-refractivity contribution is -0.109. The minimum absolute atomic E-state index is 0.173. The monoisotopic (exact) mass is 379 g/mol. The number of amides is 1. The molecule has 1 aromatic heterocycles. The predicted octanol–water partition coefficient (Wildman–Crippen LogP) is 3.91. The lowest BCUT2D eigenvalue weighted by Crippen LogP contribution is -2.35. The summed E-state index contributed by atoms with van der Waals surface area (Å²) >= 11 is 0. The third-order valence-electron chi connectivity index (χ3n) is 5.76. The molecule has 4 rings (SSSR count). The third-order valence-corrected chi connectivity index (χ3v) is 5.76. The molecule has 3 aromatic rings. The minimum atomic E-state index is -0.173. The average molecular weight is 379 g/mol. The lowest BCUT2D eigenvalue weighted by atomic mass is 10.0. The van der Waals surface area contributed by atoms with Gasteiger partial charge in [-0.2, -0.15) is 0 Å². The number of halogens is 1. The number of carbonyl (C=O) groups is 1. The Kier molecular flexibility index (Phi) is 5.72. The zero-order valence-corrected chi connectivity index (χ0v) is 16.0. The van der Waals surface area contributed by atoms with Crippen LogP contribution in [0.3, 0.4) is 0 Å². The summed E-state index contributed by atoms with van der Waals surface area (Å²) in [7, 11) is 0. The SMILES string of the molecule is O=CNCc1ccc2ccn(C3CCN(CCc4ccc(F)cc4)CC3)c2c1. The molecule has 1 saturated heterocycles. The Morgan fingerprint density at radius 1 is 1.04 bits per heavy atom. The van der Waals surface area contributed by atoms with Crippen molar-refractivity contribution in [1.82, 2.24) is 14.8 Å². The average Bonchev–Trinajstić information content (AvgIpc) is 3.15. The van der Waals surface area contributed by atoms with Gasteiger partial charge in [0.1, 0.15) is 5.82 Å². The summed E-state index contributed by atoms with van der Waals surface area (Å²) in [6.45, 7) is 3.74. The van der Waals surface area contributed by atoms with Gasteiger partial charge in [-0.3, -0.25) is 4.79 Å². The Balaban J connectivity index is 1.36. The van der Waals surface area contributed by atoms with Crippen LogP contribution in [0.5, 0.6) is 0 Å². The van der Waals surface area contributed by atoms with Crippen molar-refractivity contribution in [3.05, 3.63) is 71.7 Å². The fraction of sp³-hybridized carbons (Fsp3) is 0.348. The second kappa shape index (κ2) is 8.57. The van der Waals surface area contributed by atoms with Gasteiger partial charge in [0.25, 0.3) is 0 Å². The number of carbonyl (C=O) groups excluding carboxylic acids is 1. The molecule has 2 aromatic carbocycles. The lowest BCUT2D eigenvalue weighted by Gasteiger charge is -2.33. The normalized spacial score (nSPS) is 15.8. The van der Waals surface area contributed by atoms with Crippen LogP contribution < -0.4 is 5.32 Å². The number of hydrogen-bond acceptors (Lipinski definition) is 2. The molecule has 2 heterocycles. The number of rotatable bonds is 7. The molecule has 4 nitrogen and oxygen atoms in total. The topological polar surface area (TPSA) is 37.3 Å². The minimum Gasteiger partial charge on any atom is -0.355 e. The van der Waals surface area contributed by atoms with Crippen molar-refractivity contribution in [1.29, 1.82) is 0 Å². The molecule has 0 bridgehead atoms. The van der Waals surface area contributed by atoms with Gasteiger partial charge >= 0.3 is 0 Å². The number of hydrogen-bond donors (Lipinski definition) is 1. The number of aromatic nitrogens is 1. The van der Waals surface area contributed by atoms with Crippen molar-refractivity contribution in [3.63, 3.8) is 0 Å².